The highest BCUT2D eigenvalue weighted by molar-refractivity contribution is 6.31. The molecular formula is C58H63N5O17. The third kappa shape index (κ3) is 13.1. The average Bonchev–Trinajstić information content (AvgIpc) is 3.59. The van der Waals surface area contributed by atoms with Gasteiger partial charge in [-0.15, -0.1) is 0 Å². The van der Waals surface area contributed by atoms with E-state index in [-0.39, 0.29) is 60.5 Å². The fraction of sp³-hybridized carbons (Fsp3) is 0.362. The van der Waals surface area contributed by atoms with Crippen molar-refractivity contribution in [2.24, 2.45) is 5.73 Å². The van der Waals surface area contributed by atoms with Crippen molar-refractivity contribution in [1.29, 1.82) is 0 Å². The van der Waals surface area contributed by atoms with Crippen molar-refractivity contribution in [3.8, 4) is 17.2 Å². The maximum Gasteiger partial charge on any atom is 0.408 e. The quantitative estimate of drug-likeness (QED) is 0.0359. The summed E-state index contributed by atoms with van der Waals surface area (Å²) in [5.74, 6) is -5.44. The number of hydrogen-bond acceptors (Lipinski definition) is 18. The van der Waals surface area contributed by atoms with Crippen LogP contribution in [0.2, 0.25) is 0 Å². The number of phenols is 2. The van der Waals surface area contributed by atoms with Gasteiger partial charge in [0.25, 0.3) is 0 Å². The molecule has 22 heteroatoms. The number of anilines is 1. The van der Waals surface area contributed by atoms with Gasteiger partial charge < -0.3 is 76.2 Å². The summed E-state index contributed by atoms with van der Waals surface area (Å²) in [7, 11) is 1.29. The van der Waals surface area contributed by atoms with Crippen molar-refractivity contribution in [2.75, 3.05) is 25.6 Å². The van der Waals surface area contributed by atoms with Crippen molar-refractivity contribution in [1.82, 2.24) is 16.0 Å². The molecule has 0 spiro atoms. The third-order valence-electron chi connectivity index (χ3n) is 14.3. The van der Waals surface area contributed by atoms with Crippen LogP contribution in [0, 0.1) is 0 Å². The first kappa shape index (κ1) is 57.9. The number of carbonyl (C=O) groups excluding carboxylic acids is 7. The second-order valence-corrected chi connectivity index (χ2v) is 19.8. The van der Waals surface area contributed by atoms with E-state index in [0.29, 0.717) is 30.6 Å². The Labute approximate surface area is 459 Å². The number of unbranched alkanes of at least 4 members (excludes halogenated alkanes) is 1. The fourth-order valence-electron chi connectivity index (χ4n) is 10.1. The van der Waals surface area contributed by atoms with Gasteiger partial charge in [0, 0.05) is 48.1 Å². The van der Waals surface area contributed by atoms with Gasteiger partial charge in [0.05, 0.1) is 42.0 Å². The van der Waals surface area contributed by atoms with Crippen LogP contribution in [0.1, 0.15) is 105 Å². The van der Waals surface area contributed by atoms with Gasteiger partial charge in [-0.1, -0.05) is 84.9 Å². The molecule has 1 aliphatic heterocycles. The first-order chi connectivity index (χ1) is 38.4. The molecule has 2 aliphatic carbocycles. The zero-order chi connectivity index (χ0) is 57.3. The predicted octanol–water partition coefficient (Wildman–Crippen LogP) is 4.06. The number of amides is 4. The van der Waals surface area contributed by atoms with Crippen molar-refractivity contribution < 1.29 is 82.8 Å². The highest BCUT2D eigenvalue weighted by Crippen LogP contribution is 2.52. The zero-order valence-electron chi connectivity index (χ0n) is 43.8. The van der Waals surface area contributed by atoms with Crippen LogP contribution in [0.5, 0.6) is 17.2 Å². The first-order valence-electron chi connectivity index (χ1n) is 26.0. The van der Waals surface area contributed by atoms with Crippen molar-refractivity contribution >= 4 is 47.0 Å². The number of rotatable bonds is 21. The molecule has 1 saturated heterocycles. The lowest BCUT2D eigenvalue weighted by Gasteiger charge is -2.42. The number of aliphatic hydroxyl groups is 3. The SMILES string of the molecule is COc1cccc2c1C(=O)c1c(O)c3c(c(O)c1C2=O)CC(O)(C(=O)CO)CC3OC1CC(NC(=O)OCc2ccc(NC(=O)C(CCCCN)NC(=O)[C@H](Cc3ccccc3)NC(=O)OCc3ccccc3)cc2)C(O)C(C)O1. The summed E-state index contributed by atoms with van der Waals surface area (Å²) in [4.78, 5) is 95.0. The Morgan fingerprint density at radius 2 is 1.41 bits per heavy atom. The summed E-state index contributed by atoms with van der Waals surface area (Å²) >= 11 is 0. The molecule has 0 saturated carbocycles. The van der Waals surface area contributed by atoms with Crippen LogP contribution in [-0.4, -0.2) is 129 Å². The van der Waals surface area contributed by atoms with Crippen LogP contribution in [0.3, 0.4) is 0 Å². The topological polar surface area (TPSA) is 341 Å². The van der Waals surface area contributed by atoms with E-state index < -0.39 is 132 Å². The van der Waals surface area contributed by atoms with Crippen LogP contribution in [-0.2, 0) is 59.4 Å². The number of methoxy groups -OCH3 is 1. The normalized spacial score (nSPS) is 20.9. The Morgan fingerprint density at radius 3 is 2.08 bits per heavy atom. The Bertz CT molecular complexity index is 3110. The van der Waals surface area contributed by atoms with Crippen molar-refractivity contribution in [3.63, 3.8) is 0 Å². The minimum atomic E-state index is -2.41. The summed E-state index contributed by atoms with van der Waals surface area (Å²) in [5.41, 5.74) is 3.76. The van der Waals surface area contributed by atoms with Gasteiger partial charge in [-0.05, 0) is 67.6 Å². The van der Waals surface area contributed by atoms with Crippen molar-refractivity contribution in [3.05, 3.63) is 153 Å². The molecule has 1 fully saturated rings. The van der Waals surface area contributed by atoms with E-state index in [1.165, 1.54) is 32.2 Å². The van der Waals surface area contributed by atoms with Crippen LogP contribution >= 0.6 is 0 Å². The second-order valence-electron chi connectivity index (χ2n) is 19.8. The Balaban J connectivity index is 0.903. The van der Waals surface area contributed by atoms with E-state index in [0.717, 1.165) is 11.1 Å². The number of aromatic hydroxyl groups is 2. The second kappa shape index (κ2) is 25.7. The maximum absolute atomic E-state index is 14.1. The van der Waals surface area contributed by atoms with E-state index in [2.05, 4.69) is 21.3 Å². The lowest BCUT2D eigenvalue weighted by atomic mass is 9.72. The Kier molecular flexibility index (Phi) is 18.6. The molecule has 422 valence electrons. The minimum Gasteiger partial charge on any atom is -0.507 e. The van der Waals surface area contributed by atoms with Gasteiger partial charge in [0.15, 0.2) is 17.9 Å². The molecule has 5 aromatic rings. The van der Waals surface area contributed by atoms with Gasteiger partial charge in [0.1, 0.15) is 60.9 Å². The molecule has 22 nitrogen and oxygen atoms in total. The number of fused-ring (bicyclic) bond motifs is 3. The minimum absolute atomic E-state index is 0.0205. The van der Waals surface area contributed by atoms with Crippen LogP contribution in [0.4, 0.5) is 15.3 Å². The number of aliphatic hydroxyl groups excluding tert-OH is 2. The Morgan fingerprint density at radius 1 is 0.762 bits per heavy atom. The molecule has 3 aliphatic rings. The maximum atomic E-state index is 14.1. The lowest BCUT2D eigenvalue weighted by molar-refractivity contribution is -0.249. The summed E-state index contributed by atoms with van der Waals surface area (Å²) in [6.45, 7) is 0.440. The molecule has 5 aromatic carbocycles. The zero-order valence-corrected chi connectivity index (χ0v) is 43.8. The van der Waals surface area contributed by atoms with Crippen LogP contribution in [0.15, 0.2) is 103 Å². The standard InChI is InChI=1S/C58H63N5O17/c1-31-49(66)39(25-44(79-31)80-42-27-58(75,43(65)28-64)26-37-46(42)53(70)48-47(51(37)68)50(67)36-16-11-18-41(76-2)45(36)52(48)69)62-56(73)78-30-34-19-21-35(22-20-34)60-54(71)38(17-9-10-23-59)61-55(72)40(24-32-12-5-3-6-13-32)63-57(74)77-29-33-14-7-4-8-15-33/h3-8,11-16,18-22,31,38-40,42,44,49,64,66,68,70,75H,9-10,17,23-30,59H2,1-2H3,(H,60,71)(H,61,72)(H,62,73)(H,63,74)/t31?,38?,39?,40-,42?,44?,49?,58?/m0/s1. The van der Waals surface area contributed by atoms with E-state index in [4.69, 9.17) is 29.4 Å². The van der Waals surface area contributed by atoms with Gasteiger partial charge in [-0.25, -0.2) is 9.59 Å². The van der Waals surface area contributed by atoms with Gasteiger partial charge in [-0.3, -0.25) is 24.0 Å². The molecule has 8 atom stereocenters. The monoisotopic (exact) mass is 1100 g/mol. The number of nitrogens with two attached hydrogens (primary N) is 1. The highest BCUT2D eigenvalue weighted by atomic mass is 16.7. The third-order valence-corrected chi connectivity index (χ3v) is 14.3. The van der Waals surface area contributed by atoms with E-state index in [1.807, 2.05) is 36.4 Å². The van der Waals surface area contributed by atoms with Gasteiger partial charge in [0.2, 0.25) is 17.6 Å². The molecule has 8 rings (SSSR count). The van der Waals surface area contributed by atoms with E-state index >= 15 is 0 Å². The highest BCUT2D eigenvalue weighted by Gasteiger charge is 2.50. The molecule has 80 heavy (non-hydrogen) atoms. The molecule has 7 unspecified atom stereocenters. The molecule has 0 bridgehead atoms. The molecule has 11 N–H and O–H groups in total. The number of carbonyl (C=O) groups is 7. The molecule has 0 radical (unpaired) electrons. The number of ether oxygens (including phenoxy) is 5. The smallest absolute Gasteiger partial charge is 0.408 e. The number of hydrogen-bond donors (Lipinski definition) is 10. The number of benzene rings is 5. The number of Topliss-reactive ketones (excluding diaryl/α,β-unsaturated/α-hetero) is 1. The average molecular weight is 1100 g/mol. The van der Waals surface area contributed by atoms with Crippen LogP contribution < -0.4 is 31.7 Å². The summed E-state index contributed by atoms with van der Waals surface area (Å²) in [6, 6.07) is 25.4. The summed E-state index contributed by atoms with van der Waals surface area (Å²) < 4.78 is 28.5. The molecule has 1 heterocycles. The number of phenolic OH excluding ortho intramolecular Hbond substituents is 2. The van der Waals surface area contributed by atoms with Crippen molar-refractivity contribution in [2.45, 2.75) is 113 Å². The summed E-state index contributed by atoms with van der Waals surface area (Å²) in [6.07, 6.45) is -7.17. The largest absolute Gasteiger partial charge is 0.507 e. The van der Waals surface area contributed by atoms with Gasteiger partial charge in [-0.2, -0.15) is 0 Å². The number of alkyl carbamates (subject to hydrolysis) is 2. The fourth-order valence-corrected chi connectivity index (χ4v) is 10.1. The number of ketones is 3. The summed E-state index contributed by atoms with van der Waals surface area (Å²) in [5, 5.41) is 67.2. The van der Waals surface area contributed by atoms with E-state index in [1.54, 1.807) is 48.5 Å². The van der Waals surface area contributed by atoms with E-state index in [9.17, 15) is 59.1 Å². The first-order valence-corrected chi connectivity index (χ1v) is 26.0. The number of nitrogens with one attached hydrogen (secondary N) is 4. The molecule has 4 amide bonds. The van der Waals surface area contributed by atoms with Crippen LogP contribution in [0.25, 0.3) is 0 Å². The Hall–Kier alpha value is -8.25. The lowest BCUT2D eigenvalue weighted by Crippen LogP contribution is -2.56. The molecule has 0 aromatic heterocycles. The molecular weight excluding hydrogens is 1040 g/mol. The van der Waals surface area contributed by atoms with Gasteiger partial charge >= 0.3 is 12.2 Å². The predicted molar refractivity (Wildman–Crippen MR) is 284 cm³/mol.